The summed E-state index contributed by atoms with van der Waals surface area (Å²) in [6.45, 7) is 0.111. The van der Waals surface area contributed by atoms with Gasteiger partial charge in [-0.15, -0.1) is 0 Å². The highest BCUT2D eigenvalue weighted by Crippen LogP contribution is 2.39. The molecule has 2 unspecified atom stereocenters. The number of hydrogen-bond donors (Lipinski definition) is 1. The van der Waals surface area contributed by atoms with E-state index in [2.05, 4.69) is 0 Å². The number of rotatable bonds is 2. The van der Waals surface area contributed by atoms with E-state index in [1.54, 1.807) is 0 Å². The SMILES string of the molecule is NC(=S)CN1C(=O)C2CCCC2C1=O. The van der Waals surface area contributed by atoms with Crippen molar-refractivity contribution in [1.82, 2.24) is 4.90 Å². The third-order valence-electron chi connectivity index (χ3n) is 3.00. The number of carbonyl (C=O) groups excluding carboxylic acids is 2. The largest absolute Gasteiger partial charge is 0.392 e. The lowest BCUT2D eigenvalue weighted by molar-refractivity contribution is -0.139. The Morgan fingerprint density at radius 1 is 1.36 bits per heavy atom. The Morgan fingerprint density at radius 3 is 2.29 bits per heavy atom. The molecule has 5 heteroatoms. The Bertz CT molecular complexity index is 294. The monoisotopic (exact) mass is 212 g/mol. The molecule has 1 saturated carbocycles. The maximum atomic E-state index is 11.7. The lowest BCUT2D eigenvalue weighted by Crippen LogP contribution is -2.38. The Hall–Kier alpha value is -0.970. The average molecular weight is 212 g/mol. The van der Waals surface area contributed by atoms with Gasteiger partial charge in [-0.05, 0) is 12.8 Å². The third kappa shape index (κ3) is 1.32. The summed E-state index contributed by atoms with van der Waals surface area (Å²) in [5, 5.41) is 0. The van der Waals surface area contributed by atoms with E-state index in [1.807, 2.05) is 0 Å². The van der Waals surface area contributed by atoms with Crippen molar-refractivity contribution in [1.29, 1.82) is 0 Å². The van der Waals surface area contributed by atoms with E-state index in [-0.39, 0.29) is 35.2 Å². The Balaban J connectivity index is 2.17. The summed E-state index contributed by atoms with van der Waals surface area (Å²) in [6, 6.07) is 0. The minimum Gasteiger partial charge on any atom is -0.392 e. The van der Waals surface area contributed by atoms with Crippen molar-refractivity contribution in [3.05, 3.63) is 0 Å². The maximum absolute atomic E-state index is 11.7. The number of fused-ring (bicyclic) bond motifs is 1. The molecule has 2 atom stereocenters. The highest BCUT2D eigenvalue weighted by Gasteiger charge is 2.49. The molecule has 0 aromatic carbocycles. The fourth-order valence-corrected chi connectivity index (χ4v) is 2.50. The molecule has 0 spiro atoms. The van der Waals surface area contributed by atoms with Gasteiger partial charge in [0.15, 0.2) is 0 Å². The molecular formula is C9H12N2O2S. The van der Waals surface area contributed by atoms with Crippen molar-refractivity contribution in [3.8, 4) is 0 Å². The second-order valence-corrected chi connectivity index (χ2v) is 4.40. The zero-order chi connectivity index (χ0) is 10.3. The van der Waals surface area contributed by atoms with Crippen LogP contribution < -0.4 is 5.73 Å². The molecule has 1 aliphatic carbocycles. The molecule has 0 aromatic heterocycles. The maximum Gasteiger partial charge on any atom is 0.233 e. The highest BCUT2D eigenvalue weighted by atomic mass is 32.1. The number of nitrogens with two attached hydrogens (primary N) is 1. The molecule has 2 N–H and O–H groups in total. The van der Waals surface area contributed by atoms with Gasteiger partial charge < -0.3 is 5.73 Å². The summed E-state index contributed by atoms with van der Waals surface area (Å²) in [6.07, 6.45) is 2.65. The molecule has 76 valence electrons. The molecule has 2 amide bonds. The number of carbonyl (C=O) groups is 2. The van der Waals surface area contributed by atoms with Gasteiger partial charge in [0, 0.05) is 0 Å². The van der Waals surface area contributed by atoms with Crippen LogP contribution in [0, 0.1) is 11.8 Å². The Kier molecular flexibility index (Phi) is 2.26. The van der Waals surface area contributed by atoms with Crippen LogP contribution in [-0.2, 0) is 9.59 Å². The highest BCUT2D eigenvalue weighted by molar-refractivity contribution is 7.80. The Morgan fingerprint density at radius 2 is 1.86 bits per heavy atom. The second kappa shape index (κ2) is 3.31. The standard InChI is InChI=1S/C9H12N2O2S/c10-7(14)4-11-8(12)5-2-1-3-6(5)9(11)13/h5-6H,1-4H2,(H2,10,14). The van der Waals surface area contributed by atoms with Crippen molar-refractivity contribution < 1.29 is 9.59 Å². The number of hydrogen-bond acceptors (Lipinski definition) is 3. The van der Waals surface area contributed by atoms with E-state index in [0.717, 1.165) is 19.3 Å². The summed E-state index contributed by atoms with van der Waals surface area (Å²) in [5.41, 5.74) is 5.33. The lowest BCUT2D eigenvalue weighted by atomic mass is 10.00. The molecule has 1 saturated heterocycles. The van der Waals surface area contributed by atoms with Crippen LogP contribution in [0.5, 0.6) is 0 Å². The van der Waals surface area contributed by atoms with Gasteiger partial charge >= 0.3 is 0 Å². The van der Waals surface area contributed by atoms with Gasteiger partial charge in [0.25, 0.3) is 0 Å². The normalized spacial score (nSPS) is 31.0. The van der Waals surface area contributed by atoms with E-state index in [1.165, 1.54) is 4.90 Å². The lowest BCUT2D eigenvalue weighted by Gasteiger charge is -2.14. The predicted molar refractivity (Wildman–Crippen MR) is 54.3 cm³/mol. The van der Waals surface area contributed by atoms with E-state index in [4.69, 9.17) is 18.0 Å². The molecule has 0 bridgehead atoms. The molecule has 0 radical (unpaired) electrons. The first-order valence-electron chi connectivity index (χ1n) is 4.75. The van der Waals surface area contributed by atoms with Crippen molar-refractivity contribution in [3.63, 3.8) is 0 Å². The van der Waals surface area contributed by atoms with Crippen LogP contribution in [-0.4, -0.2) is 28.2 Å². The van der Waals surface area contributed by atoms with E-state index >= 15 is 0 Å². The summed E-state index contributed by atoms with van der Waals surface area (Å²) >= 11 is 4.70. The summed E-state index contributed by atoms with van der Waals surface area (Å²) in [5.74, 6) is -0.329. The van der Waals surface area contributed by atoms with Gasteiger partial charge in [0.2, 0.25) is 11.8 Å². The predicted octanol–water partition coefficient (Wildman–Crippen LogP) is 0.0576. The molecule has 2 fully saturated rings. The minimum atomic E-state index is -0.0863. The van der Waals surface area contributed by atoms with E-state index in [0.29, 0.717) is 0 Å². The fraction of sp³-hybridized carbons (Fsp3) is 0.667. The molecular weight excluding hydrogens is 200 g/mol. The Labute approximate surface area is 87.4 Å². The van der Waals surface area contributed by atoms with Gasteiger partial charge in [0.1, 0.15) is 0 Å². The first-order chi connectivity index (χ1) is 6.61. The van der Waals surface area contributed by atoms with Crippen molar-refractivity contribution in [2.75, 3.05) is 6.54 Å². The second-order valence-electron chi connectivity index (χ2n) is 3.87. The van der Waals surface area contributed by atoms with Gasteiger partial charge in [-0.1, -0.05) is 18.6 Å². The summed E-state index contributed by atoms with van der Waals surface area (Å²) in [7, 11) is 0. The van der Waals surface area contributed by atoms with Gasteiger partial charge in [-0.25, -0.2) is 0 Å². The molecule has 2 aliphatic rings. The molecule has 1 heterocycles. The van der Waals surface area contributed by atoms with Crippen molar-refractivity contribution in [2.24, 2.45) is 17.6 Å². The average Bonchev–Trinajstić information content (AvgIpc) is 2.65. The molecule has 2 rings (SSSR count). The van der Waals surface area contributed by atoms with E-state index in [9.17, 15) is 9.59 Å². The number of amides is 2. The van der Waals surface area contributed by atoms with Crippen LogP contribution in [0.1, 0.15) is 19.3 Å². The zero-order valence-corrected chi connectivity index (χ0v) is 8.55. The van der Waals surface area contributed by atoms with Crippen molar-refractivity contribution >= 4 is 29.0 Å². The van der Waals surface area contributed by atoms with Crippen LogP contribution in [0.15, 0.2) is 0 Å². The number of thiocarbonyl (C=S) groups is 1. The molecule has 0 aromatic rings. The first kappa shape index (κ1) is 9.58. The third-order valence-corrected chi connectivity index (χ3v) is 3.13. The van der Waals surface area contributed by atoms with Gasteiger partial charge in [0.05, 0.1) is 23.4 Å². The zero-order valence-electron chi connectivity index (χ0n) is 7.73. The fourth-order valence-electron chi connectivity index (χ4n) is 2.37. The van der Waals surface area contributed by atoms with Crippen LogP contribution in [0.4, 0.5) is 0 Å². The topological polar surface area (TPSA) is 63.4 Å². The van der Waals surface area contributed by atoms with Crippen LogP contribution >= 0.6 is 12.2 Å². The number of likely N-dealkylation sites (tertiary alicyclic amines) is 1. The van der Waals surface area contributed by atoms with Gasteiger partial charge in [-0.3, -0.25) is 14.5 Å². The number of imide groups is 1. The van der Waals surface area contributed by atoms with Crippen molar-refractivity contribution in [2.45, 2.75) is 19.3 Å². The molecule has 4 nitrogen and oxygen atoms in total. The first-order valence-corrected chi connectivity index (χ1v) is 5.15. The van der Waals surface area contributed by atoms with Gasteiger partial charge in [-0.2, -0.15) is 0 Å². The summed E-state index contributed by atoms with van der Waals surface area (Å²) < 4.78 is 0. The molecule has 1 aliphatic heterocycles. The summed E-state index contributed by atoms with van der Waals surface area (Å²) in [4.78, 5) is 24.9. The molecule has 14 heavy (non-hydrogen) atoms. The smallest absolute Gasteiger partial charge is 0.233 e. The van der Waals surface area contributed by atoms with E-state index < -0.39 is 0 Å². The van der Waals surface area contributed by atoms with Crippen LogP contribution in [0.25, 0.3) is 0 Å². The minimum absolute atomic E-state index is 0.0784. The number of nitrogens with zero attached hydrogens (tertiary/aromatic N) is 1. The quantitative estimate of drug-likeness (QED) is 0.519. The van der Waals surface area contributed by atoms with Crippen LogP contribution in [0.2, 0.25) is 0 Å². The van der Waals surface area contributed by atoms with Crippen LogP contribution in [0.3, 0.4) is 0 Å².